The summed E-state index contributed by atoms with van der Waals surface area (Å²) in [4.78, 5) is 0. The van der Waals surface area contributed by atoms with Crippen molar-refractivity contribution < 1.29 is 19.3 Å². The van der Waals surface area contributed by atoms with Crippen molar-refractivity contribution in [2.75, 3.05) is 14.2 Å². The molecule has 1 aliphatic rings. The van der Waals surface area contributed by atoms with Crippen LogP contribution in [0.3, 0.4) is 0 Å². The van der Waals surface area contributed by atoms with Gasteiger partial charge in [-0.2, -0.15) is 0 Å². The lowest BCUT2D eigenvalue weighted by Gasteiger charge is -2.35. The highest BCUT2D eigenvalue weighted by molar-refractivity contribution is 6.30. The van der Waals surface area contributed by atoms with Crippen molar-refractivity contribution in [3.05, 3.63) is 53.1 Å². The van der Waals surface area contributed by atoms with Crippen molar-refractivity contribution in [2.24, 2.45) is 0 Å². The molecule has 1 fully saturated rings. The van der Waals surface area contributed by atoms with Gasteiger partial charge in [-0.3, -0.25) is 0 Å². The largest absolute Gasteiger partial charge is 0.497 e. The zero-order valence-corrected chi connectivity index (χ0v) is 16.4. The monoisotopic (exact) mass is 391 g/mol. The second-order valence-electron chi connectivity index (χ2n) is 6.74. The first-order valence-electron chi connectivity index (χ1n) is 9.14. The Labute approximate surface area is 165 Å². The Hall–Kier alpha value is -1.95. The molecule has 27 heavy (non-hydrogen) atoms. The molecule has 146 valence electrons. The smallest absolute Gasteiger partial charge is 0.126 e. The molecule has 2 aromatic rings. The SMILES string of the molecule is COc1cc(CN[C@H]2CCC[C@@H](Oc3ccc(Cl)cc3)[C@@H]2O)cc(OC)c1. The summed E-state index contributed by atoms with van der Waals surface area (Å²) < 4.78 is 16.6. The summed E-state index contributed by atoms with van der Waals surface area (Å²) in [5, 5.41) is 14.9. The van der Waals surface area contributed by atoms with E-state index < -0.39 is 6.10 Å². The summed E-state index contributed by atoms with van der Waals surface area (Å²) in [6, 6.07) is 13.0. The molecule has 1 aliphatic carbocycles. The van der Waals surface area contributed by atoms with Crippen molar-refractivity contribution in [2.45, 2.75) is 44.1 Å². The van der Waals surface area contributed by atoms with Gasteiger partial charge in [0.1, 0.15) is 29.5 Å². The van der Waals surface area contributed by atoms with Crippen LogP contribution in [0.1, 0.15) is 24.8 Å². The number of ether oxygens (including phenoxy) is 3. The number of methoxy groups -OCH3 is 2. The summed E-state index contributed by atoms with van der Waals surface area (Å²) in [6.07, 6.45) is 1.91. The van der Waals surface area contributed by atoms with Gasteiger partial charge in [0.25, 0.3) is 0 Å². The number of aliphatic hydroxyl groups excluding tert-OH is 1. The molecule has 0 saturated heterocycles. The van der Waals surface area contributed by atoms with Gasteiger partial charge in [0.2, 0.25) is 0 Å². The van der Waals surface area contributed by atoms with Crippen molar-refractivity contribution in [1.29, 1.82) is 0 Å². The Bertz CT molecular complexity index is 715. The van der Waals surface area contributed by atoms with Crippen molar-refractivity contribution in [1.82, 2.24) is 5.32 Å². The molecule has 3 atom stereocenters. The van der Waals surface area contributed by atoms with Crippen LogP contribution in [0, 0.1) is 0 Å². The molecule has 0 radical (unpaired) electrons. The second-order valence-corrected chi connectivity index (χ2v) is 7.18. The summed E-state index contributed by atoms with van der Waals surface area (Å²) in [7, 11) is 3.27. The number of aliphatic hydroxyl groups is 1. The Morgan fingerprint density at radius 2 is 1.67 bits per heavy atom. The average Bonchev–Trinajstić information content (AvgIpc) is 2.70. The minimum atomic E-state index is -0.582. The Morgan fingerprint density at radius 3 is 2.30 bits per heavy atom. The Morgan fingerprint density at radius 1 is 1.00 bits per heavy atom. The van der Waals surface area contributed by atoms with Crippen molar-refractivity contribution in [3.8, 4) is 17.2 Å². The highest BCUT2D eigenvalue weighted by Gasteiger charge is 2.33. The van der Waals surface area contributed by atoms with Gasteiger partial charge in [0.15, 0.2) is 0 Å². The molecule has 0 spiro atoms. The molecule has 5 nitrogen and oxygen atoms in total. The second kappa shape index (κ2) is 9.31. The molecule has 0 amide bonds. The maximum Gasteiger partial charge on any atom is 0.126 e. The van der Waals surface area contributed by atoms with E-state index in [-0.39, 0.29) is 12.1 Å². The molecule has 0 unspecified atom stereocenters. The summed E-state index contributed by atoms with van der Waals surface area (Å²) in [5.74, 6) is 2.22. The number of benzene rings is 2. The van der Waals surface area contributed by atoms with Crippen molar-refractivity contribution in [3.63, 3.8) is 0 Å². The molecule has 2 N–H and O–H groups in total. The molecular formula is C21H26ClNO4. The first kappa shape index (κ1) is 19.8. The zero-order valence-electron chi connectivity index (χ0n) is 15.7. The van der Waals surface area contributed by atoms with Crippen LogP contribution >= 0.6 is 11.6 Å². The quantitative estimate of drug-likeness (QED) is 0.751. The summed E-state index contributed by atoms with van der Waals surface area (Å²) >= 11 is 5.92. The summed E-state index contributed by atoms with van der Waals surface area (Å²) in [6.45, 7) is 0.614. The van der Waals surface area contributed by atoms with Gasteiger partial charge in [-0.15, -0.1) is 0 Å². The van der Waals surface area contributed by atoms with Gasteiger partial charge >= 0.3 is 0 Å². The molecule has 2 aromatic carbocycles. The predicted octanol–water partition coefficient (Wildman–Crippen LogP) is 3.81. The maximum atomic E-state index is 10.8. The number of rotatable bonds is 7. The fourth-order valence-electron chi connectivity index (χ4n) is 3.40. The third kappa shape index (κ3) is 5.28. The summed E-state index contributed by atoms with van der Waals surface area (Å²) in [5.41, 5.74) is 1.04. The molecular weight excluding hydrogens is 366 g/mol. The first-order chi connectivity index (χ1) is 13.1. The van der Waals surface area contributed by atoms with Gasteiger partial charge in [-0.1, -0.05) is 11.6 Å². The van der Waals surface area contributed by atoms with E-state index in [1.807, 2.05) is 30.3 Å². The highest BCUT2D eigenvalue weighted by atomic mass is 35.5. The minimum Gasteiger partial charge on any atom is -0.497 e. The molecule has 0 aromatic heterocycles. The van der Waals surface area contributed by atoms with Crippen LogP contribution in [0.5, 0.6) is 17.2 Å². The minimum absolute atomic E-state index is 0.0340. The van der Waals surface area contributed by atoms with E-state index >= 15 is 0 Å². The Kier molecular flexibility index (Phi) is 6.83. The third-order valence-corrected chi connectivity index (χ3v) is 5.13. The van der Waals surface area contributed by atoms with E-state index in [2.05, 4.69) is 5.32 Å². The van der Waals surface area contributed by atoms with Crippen LogP contribution < -0.4 is 19.5 Å². The van der Waals surface area contributed by atoms with Gasteiger partial charge in [-0.25, -0.2) is 0 Å². The molecule has 1 saturated carbocycles. The number of hydrogen-bond donors (Lipinski definition) is 2. The lowest BCUT2D eigenvalue weighted by atomic mass is 9.89. The van der Waals surface area contributed by atoms with Crippen LogP contribution in [0.4, 0.5) is 0 Å². The van der Waals surface area contributed by atoms with E-state index in [0.29, 0.717) is 11.6 Å². The van der Waals surface area contributed by atoms with Crippen LogP contribution in [0.25, 0.3) is 0 Å². The number of hydrogen-bond acceptors (Lipinski definition) is 5. The van der Waals surface area contributed by atoms with Crippen molar-refractivity contribution >= 4 is 11.6 Å². The van der Waals surface area contributed by atoms with E-state index in [0.717, 1.165) is 42.1 Å². The average molecular weight is 392 g/mol. The molecule has 0 aliphatic heterocycles. The van der Waals surface area contributed by atoms with E-state index in [1.54, 1.807) is 26.4 Å². The Balaban J connectivity index is 1.60. The molecule has 0 bridgehead atoms. The predicted molar refractivity (Wildman–Crippen MR) is 106 cm³/mol. The zero-order chi connectivity index (χ0) is 19.2. The molecule has 6 heteroatoms. The van der Waals surface area contributed by atoms with Crippen LogP contribution in [0.15, 0.2) is 42.5 Å². The van der Waals surface area contributed by atoms with Crippen LogP contribution in [-0.4, -0.2) is 37.6 Å². The standard InChI is InChI=1S/C21H26ClNO4/c1-25-17-10-14(11-18(12-17)26-2)13-23-19-4-3-5-20(21(19)24)27-16-8-6-15(22)7-9-16/h6-12,19-21,23-24H,3-5,13H2,1-2H3/t19-,20+,21+/m0/s1. The van der Waals surface area contributed by atoms with Crippen LogP contribution in [-0.2, 0) is 6.54 Å². The van der Waals surface area contributed by atoms with Gasteiger partial charge < -0.3 is 24.6 Å². The topological polar surface area (TPSA) is 60.0 Å². The van der Waals surface area contributed by atoms with Gasteiger partial charge in [0, 0.05) is 23.7 Å². The van der Waals surface area contributed by atoms with E-state index in [4.69, 9.17) is 25.8 Å². The number of halogens is 1. The highest BCUT2D eigenvalue weighted by Crippen LogP contribution is 2.27. The molecule has 0 heterocycles. The van der Waals surface area contributed by atoms with E-state index in [1.165, 1.54) is 0 Å². The fourth-order valence-corrected chi connectivity index (χ4v) is 3.52. The van der Waals surface area contributed by atoms with Crippen LogP contribution in [0.2, 0.25) is 5.02 Å². The van der Waals surface area contributed by atoms with E-state index in [9.17, 15) is 5.11 Å². The lowest BCUT2D eigenvalue weighted by Crippen LogP contribution is -2.50. The number of nitrogens with one attached hydrogen (secondary N) is 1. The fraction of sp³-hybridized carbons (Fsp3) is 0.429. The maximum absolute atomic E-state index is 10.8. The lowest BCUT2D eigenvalue weighted by molar-refractivity contribution is -0.0157. The normalized spacial score (nSPS) is 22.3. The molecule has 3 rings (SSSR count). The first-order valence-corrected chi connectivity index (χ1v) is 9.52. The van der Waals surface area contributed by atoms with Gasteiger partial charge in [-0.05, 0) is 61.2 Å². The third-order valence-electron chi connectivity index (χ3n) is 4.88. The van der Waals surface area contributed by atoms with Gasteiger partial charge in [0.05, 0.1) is 14.2 Å².